The molecule has 1 nitrogen and oxygen atoms in total. The van der Waals surface area contributed by atoms with Crippen LogP contribution in [0.1, 0.15) is 0 Å². The standard InChI is InChI=1S/C54H37NSi2.C48H32SSi2/c1-4-18-38(19-5-1)55-49-34-32-41(56(39-20-6-2-7-21-39)51-28-14-10-24-43(51)44-25-11-15-29-52(44)56)36-47(49)48-37-42(33-35-50(48)55)57(40-22-8-3-9-23-40)53-30-16-12-26-45(53)46-27-13-17-31-54(46)57;1-3-15-33(16-4-1)50(45-23-11-7-19-37(45)38-20-8-12-24-46(38)50)35-27-29-43-41(31-35)42-32-36(28-30-44(42)49-43)51(34-17-5-2-6-18-34)47-25-13-9-21-39(47)40-22-10-14-26-48(40)51/h1-37H;1-32H. The van der Waals surface area contributed by atoms with E-state index in [1.54, 1.807) is 0 Å². The van der Waals surface area contributed by atoms with Crippen molar-refractivity contribution in [2.45, 2.75) is 0 Å². The highest BCUT2D eigenvalue weighted by Crippen LogP contribution is 2.40. The van der Waals surface area contributed by atoms with Crippen LogP contribution in [0.5, 0.6) is 0 Å². The van der Waals surface area contributed by atoms with Crippen LogP contribution >= 0.6 is 11.3 Å². The molecule has 0 saturated heterocycles. The van der Waals surface area contributed by atoms with Gasteiger partial charge in [0.2, 0.25) is 0 Å². The first kappa shape index (κ1) is 63.0. The topological polar surface area (TPSA) is 4.93 Å². The number of hydrogen-bond acceptors (Lipinski definition) is 1. The number of benzene rings is 17. The average molecular weight is 1450 g/mol. The zero-order valence-corrected chi connectivity index (χ0v) is 64.0. The Labute approximate surface area is 637 Å². The van der Waals surface area contributed by atoms with Gasteiger partial charge in [-0.15, -0.1) is 11.3 Å². The summed E-state index contributed by atoms with van der Waals surface area (Å²) in [6.45, 7) is 0. The lowest BCUT2D eigenvalue weighted by Crippen LogP contribution is -2.72. The number of aromatic nitrogens is 1. The normalized spacial score (nSPS) is 14.4. The highest BCUT2D eigenvalue weighted by Gasteiger charge is 2.53. The average Bonchev–Trinajstić information content (AvgIpc) is 1.52. The highest BCUT2D eigenvalue weighted by atomic mass is 32.1. The van der Waals surface area contributed by atoms with Crippen LogP contribution in [0.15, 0.2) is 419 Å². The summed E-state index contributed by atoms with van der Waals surface area (Å²) in [5.41, 5.74) is 14.7. The van der Waals surface area contributed by atoms with Crippen LogP contribution in [0, 0.1) is 0 Å². The maximum absolute atomic E-state index is 2.70. The molecule has 0 atom stereocenters. The lowest BCUT2D eigenvalue weighted by molar-refractivity contribution is 1.18. The molecule has 19 aromatic rings. The van der Waals surface area contributed by atoms with Crippen molar-refractivity contribution < 1.29 is 0 Å². The van der Waals surface area contributed by atoms with Gasteiger partial charge >= 0.3 is 0 Å². The number of para-hydroxylation sites is 1. The van der Waals surface area contributed by atoms with Crippen molar-refractivity contribution in [3.8, 4) is 50.2 Å². The Morgan fingerprint density at radius 3 is 0.620 bits per heavy atom. The van der Waals surface area contributed by atoms with Crippen molar-refractivity contribution in [2.75, 3.05) is 0 Å². The van der Waals surface area contributed by atoms with Crippen molar-refractivity contribution in [3.05, 3.63) is 419 Å². The van der Waals surface area contributed by atoms with Crippen LogP contribution in [0.2, 0.25) is 0 Å². The summed E-state index contributed by atoms with van der Waals surface area (Å²) in [6.07, 6.45) is 0. The fourth-order valence-electron chi connectivity index (χ4n) is 20.4. The molecule has 0 saturated carbocycles. The minimum absolute atomic E-state index is 1.18. The van der Waals surface area contributed by atoms with Crippen molar-refractivity contribution >= 4 is 169 Å². The summed E-state index contributed by atoms with van der Waals surface area (Å²) >= 11 is 1.93. The molecule has 4 aliphatic heterocycles. The van der Waals surface area contributed by atoms with Crippen molar-refractivity contribution in [3.63, 3.8) is 0 Å². The maximum Gasteiger partial charge on any atom is 0.180 e. The predicted molar refractivity (Wildman–Crippen MR) is 471 cm³/mol. The molecule has 0 bridgehead atoms. The molecule has 4 aliphatic rings. The maximum atomic E-state index is 2.59. The fraction of sp³-hybridized carbons (Fsp3) is 0. The molecular formula is C102H69NSSi4. The summed E-state index contributed by atoms with van der Waals surface area (Å²) in [7, 11) is -10.6. The number of fused-ring (bicyclic) bond motifs is 18. The lowest BCUT2D eigenvalue weighted by Gasteiger charge is -2.31. The molecular weight excluding hydrogens is 1380 g/mol. The number of hydrogen-bond donors (Lipinski definition) is 0. The van der Waals surface area contributed by atoms with Crippen molar-refractivity contribution in [1.82, 2.24) is 4.57 Å². The van der Waals surface area contributed by atoms with E-state index in [0.717, 1.165) is 0 Å². The SMILES string of the molecule is c1ccc(-n2c3ccc([Si]4(c5ccccc5)c5ccccc5-c5ccccc54)cc3c3cc([Si]4(c5ccccc5)c5ccccc5-c5ccccc54)ccc32)cc1.c1ccc([Si]2(c3ccc4sc5ccc([Si]6(c7ccccc7)c7ccccc7-c7ccccc76)cc5c4c3)c3ccccc3-c3ccccc32)cc1. The molecule has 0 fully saturated rings. The first-order valence-corrected chi connectivity index (χ1v) is 46.5. The third-order valence-corrected chi connectivity index (χ3v) is 45.2. The predicted octanol–water partition coefficient (Wildman–Crippen LogP) is 14.3. The second-order valence-corrected chi connectivity index (χ2v) is 45.5. The fourth-order valence-corrected chi connectivity index (χ4v) is 42.3. The van der Waals surface area contributed by atoms with Crippen molar-refractivity contribution in [2.24, 2.45) is 0 Å². The van der Waals surface area contributed by atoms with Gasteiger partial charge in [-0.1, -0.05) is 382 Å². The third-order valence-electron chi connectivity index (χ3n) is 24.6. The van der Waals surface area contributed by atoms with Crippen LogP contribution in [-0.4, -0.2) is 36.9 Å². The van der Waals surface area contributed by atoms with Gasteiger partial charge in [-0.25, -0.2) is 0 Å². The van der Waals surface area contributed by atoms with E-state index < -0.39 is 32.3 Å². The number of nitrogens with zero attached hydrogens (tertiary/aromatic N) is 1. The van der Waals surface area contributed by atoms with E-state index in [4.69, 9.17) is 0 Å². The molecule has 0 radical (unpaired) electrons. The lowest BCUT2D eigenvalue weighted by atomic mass is 10.1. The van der Waals surface area contributed by atoms with Crippen LogP contribution in [0.4, 0.5) is 0 Å². The highest BCUT2D eigenvalue weighted by molar-refractivity contribution is 7.27. The van der Waals surface area contributed by atoms with Crippen LogP contribution < -0.4 is 83.0 Å². The Morgan fingerprint density at radius 2 is 0.370 bits per heavy atom. The minimum atomic E-state index is -2.70. The van der Waals surface area contributed by atoms with E-state index in [1.165, 1.54) is 175 Å². The summed E-state index contributed by atoms with van der Waals surface area (Å²) in [6, 6.07) is 160. The van der Waals surface area contributed by atoms with Crippen LogP contribution in [0.3, 0.4) is 0 Å². The molecule has 0 spiro atoms. The van der Waals surface area contributed by atoms with Gasteiger partial charge in [0.05, 0.1) is 11.0 Å². The number of rotatable bonds is 9. The zero-order valence-electron chi connectivity index (χ0n) is 59.2. The molecule has 6 heterocycles. The van der Waals surface area contributed by atoms with Gasteiger partial charge in [0.1, 0.15) is 0 Å². The summed E-state index contributed by atoms with van der Waals surface area (Å²) in [5, 5.41) is 28.7. The Balaban J connectivity index is 0.000000135. The van der Waals surface area contributed by atoms with Gasteiger partial charge in [0, 0.05) is 36.6 Å². The van der Waals surface area contributed by atoms with Gasteiger partial charge < -0.3 is 4.57 Å². The first-order chi connectivity index (χ1) is 53.6. The first-order valence-electron chi connectivity index (χ1n) is 37.7. The molecule has 0 N–H and O–H groups in total. The van der Waals surface area contributed by atoms with Gasteiger partial charge in [-0.05, 0) is 164 Å². The third kappa shape index (κ3) is 8.71. The summed E-state index contributed by atoms with van der Waals surface area (Å²) in [4.78, 5) is 0. The molecule has 504 valence electrons. The minimum Gasteiger partial charge on any atom is -0.309 e. The summed E-state index contributed by atoms with van der Waals surface area (Å²) < 4.78 is 5.19. The second kappa shape index (κ2) is 24.6. The van der Waals surface area contributed by atoms with Crippen molar-refractivity contribution in [1.29, 1.82) is 0 Å². The monoisotopic (exact) mass is 1450 g/mol. The largest absolute Gasteiger partial charge is 0.309 e. The van der Waals surface area contributed by atoms with Crippen LogP contribution in [0.25, 0.3) is 92.2 Å². The van der Waals surface area contributed by atoms with Gasteiger partial charge in [-0.2, -0.15) is 0 Å². The Kier molecular flexibility index (Phi) is 14.3. The second-order valence-electron chi connectivity index (χ2n) is 29.5. The van der Waals surface area contributed by atoms with E-state index in [2.05, 4.69) is 423 Å². The quantitative estimate of drug-likeness (QED) is 0.127. The van der Waals surface area contributed by atoms with E-state index >= 15 is 0 Å². The zero-order chi connectivity index (χ0) is 71.1. The molecule has 6 heteroatoms. The molecule has 0 aliphatic carbocycles. The van der Waals surface area contributed by atoms with Gasteiger partial charge in [0.15, 0.2) is 32.3 Å². The molecule has 17 aromatic carbocycles. The Hall–Kier alpha value is -12.4. The molecule has 0 amide bonds. The molecule has 0 unspecified atom stereocenters. The molecule has 23 rings (SSSR count). The van der Waals surface area contributed by atoms with E-state index in [0.29, 0.717) is 0 Å². The Morgan fingerprint density at radius 1 is 0.167 bits per heavy atom. The van der Waals surface area contributed by atoms with Crippen LogP contribution in [-0.2, 0) is 0 Å². The van der Waals surface area contributed by atoms with E-state index in [9.17, 15) is 0 Å². The molecule has 108 heavy (non-hydrogen) atoms. The van der Waals surface area contributed by atoms with E-state index in [1.807, 2.05) is 11.3 Å². The Bertz CT molecular complexity index is 6250. The summed E-state index contributed by atoms with van der Waals surface area (Å²) in [5.74, 6) is 0. The molecule has 2 aromatic heterocycles. The van der Waals surface area contributed by atoms with Gasteiger partial charge in [-0.3, -0.25) is 0 Å². The number of thiophene rings is 1. The van der Waals surface area contributed by atoms with Gasteiger partial charge in [0.25, 0.3) is 0 Å². The smallest absolute Gasteiger partial charge is 0.180 e. The van der Waals surface area contributed by atoms with E-state index in [-0.39, 0.29) is 0 Å².